The fourth-order valence-corrected chi connectivity index (χ4v) is 4.62. The van der Waals surface area contributed by atoms with Gasteiger partial charge in [0.05, 0.1) is 0 Å². The predicted octanol–water partition coefficient (Wildman–Crippen LogP) is 2.00. The van der Waals surface area contributed by atoms with Gasteiger partial charge in [0, 0.05) is 38.6 Å². The van der Waals surface area contributed by atoms with Crippen molar-refractivity contribution in [3.63, 3.8) is 0 Å². The Balaban J connectivity index is 0.00000131. The molecule has 0 spiro atoms. The minimum absolute atomic E-state index is 0. The van der Waals surface area contributed by atoms with Crippen molar-refractivity contribution in [2.24, 2.45) is 11.8 Å². The highest BCUT2D eigenvalue weighted by atomic mass is 35.5. The SMILES string of the molecule is CN(CC1CC1)CC1CCN(C(=O)C2(n3cccn3)CCNCC2)C1.Cl.Cl. The van der Waals surface area contributed by atoms with Gasteiger partial charge in [-0.3, -0.25) is 9.48 Å². The zero-order valence-corrected chi connectivity index (χ0v) is 17.8. The summed E-state index contributed by atoms with van der Waals surface area (Å²) in [5.41, 5.74) is -0.483. The summed E-state index contributed by atoms with van der Waals surface area (Å²) in [5, 5.41) is 7.83. The van der Waals surface area contributed by atoms with Crippen molar-refractivity contribution in [1.82, 2.24) is 24.9 Å². The Morgan fingerprint density at radius 1 is 1.19 bits per heavy atom. The van der Waals surface area contributed by atoms with Gasteiger partial charge in [0.2, 0.25) is 0 Å². The van der Waals surface area contributed by atoms with Crippen LogP contribution >= 0.6 is 24.8 Å². The van der Waals surface area contributed by atoms with E-state index in [1.807, 2.05) is 16.9 Å². The molecule has 6 nitrogen and oxygen atoms in total. The first-order valence-electron chi connectivity index (χ1n) is 9.86. The number of carbonyl (C=O) groups excluding carboxylic acids is 1. The van der Waals surface area contributed by atoms with Gasteiger partial charge in [-0.15, -0.1) is 24.8 Å². The lowest BCUT2D eigenvalue weighted by Crippen LogP contribution is -2.55. The van der Waals surface area contributed by atoms with Crippen LogP contribution in [0.5, 0.6) is 0 Å². The fraction of sp³-hybridized carbons (Fsp3) is 0.789. The Labute approximate surface area is 174 Å². The molecule has 2 saturated heterocycles. The Bertz CT molecular complexity index is 587. The van der Waals surface area contributed by atoms with E-state index < -0.39 is 5.54 Å². The highest BCUT2D eigenvalue weighted by molar-refractivity contribution is 5.86. The van der Waals surface area contributed by atoms with Crippen molar-refractivity contribution in [2.45, 2.75) is 37.6 Å². The molecule has 27 heavy (non-hydrogen) atoms. The van der Waals surface area contributed by atoms with E-state index in [-0.39, 0.29) is 30.7 Å². The third kappa shape index (κ3) is 4.97. The molecule has 2 aliphatic heterocycles. The highest BCUT2D eigenvalue weighted by Gasteiger charge is 2.45. The first-order valence-corrected chi connectivity index (χ1v) is 9.86. The minimum Gasteiger partial charge on any atom is -0.340 e. The molecule has 1 amide bonds. The van der Waals surface area contributed by atoms with Crippen molar-refractivity contribution >= 4 is 30.7 Å². The number of nitrogens with zero attached hydrogens (tertiary/aromatic N) is 4. The monoisotopic (exact) mass is 417 g/mol. The number of halogens is 2. The molecule has 4 rings (SSSR count). The van der Waals surface area contributed by atoms with Crippen LogP contribution in [0.1, 0.15) is 32.1 Å². The molecule has 3 aliphatic rings. The van der Waals surface area contributed by atoms with Crippen molar-refractivity contribution in [1.29, 1.82) is 0 Å². The van der Waals surface area contributed by atoms with E-state index in [4.69, 9.17) is 0 Å². The Kier molecular flexibility index (Phi) is 7.98. The smallest absolute Gasteiger partial charge is 0.250 e. The summed E-state index contributed by atoms with van der Waals surface area (Å²) in [7, 11) is 2.24. The van der Waals surface area contributed by atoms with Gasteiger partial charge >= 0.3 is 0 Å². The molecule has 0 bridgehead atoms. The molecular weight excluding hydrogens is 385 g/mol. The Morgan fingerprint density at radius 3 is 2.52 bits per heavy atom. The number of nitrogens with one attached hydrogen (secondary N) is 1. The molecule has 0 aromatic carbocycles. The molecule has 1 saturated carbocycles. The van der Waals surface area contributed by atoms with Crippen LogP contribution in [-0.2, 0) is 10.3 Å². The van der Waals surface area contributed by atoms with Gasteiger partial charge in [0.15, 0.2) is 0 Å². The van der Waals surface area contributed by atoms with Crippen LogP contribution in [0.15, 0.2) is 18.5 Å². The molecule has 0 radical (unpaired) electrons. The molecule has 1 aliphatic carbocycles. The van der Waals surface area contributed by atoms with Gasteiger partial charge in [0.1, 0.15) is 5.54 Å². The molecule has 3 heterocycles. The molecule has 8 heteroatoms. The van der Waals surface area contributed by atoms with Crippen LogP contribution in [0.4, 0.5) is 0 Å². The molecule has 1 atom stereocenters. The van der Waals surface area contributed by atoms with Crippen molar-refractivity contribution in [2.75, 3.05) is 46.3 Å². The lowest BCUT2D eigenvalue weighted by Gasteiger charge is -2.39. The van der Waals surface area contributed by atoms with Crippen LogP contribution in [-0.4, -0.2) is 71.8 Å². The van der Waals surface area contributed by atoms with Gasteiger partial charge in [-0.1, -0.05) is 0 Å². The average molecular weight is 418 g/mol. The number of carbonyl (C=O) groups is 1. The summed E-state index contributed by atoms with van der Waals surface area (Å²) in [6.45, 7) is 5.92. The van der Waals surface area contributed by atoms with Crippen molar-refractivity contribution in [3.05, 3.63) is 18.5 Å². The summed E-state index contributed by atoms with van der Waals surface area (Å²) in [6.07, 6.45) is 9.34. The van der Waals surface area contributed by atoms with Crippen LogP contribution in [0, 0.1) is 11.8 Å². The van der Waals surface area contributed by atoms with Gasteiger partial charge < -0.3 is 15.1 Å². The number of hydrogen-bond acceptors (Lipinski definition) is 4. The summed E-state index contributed by atoms with van der Waals surface area (Å²) in [4.78, 5) is 18.1. The summed E-state index contributed by atoms with van der Waals surface area (Å²) in [5.74, 6) is 1.83. The van der Waals surface area contributed by atoms with E-state index in [1.165, 1.54) is 19.4 Å². The van der Waals surface area contributed by atoms with E-state index in [1.54, 1.807) is 6.20 Å². The summed E-state index contributed by atoms with van der Waals surface area (Å²) >= 11 is 0. The normalized spacial score (nSPS) is 24.4. The van der Waals surface area contributed by atoms with Gasteiger partial charge in [0.25, 0.3) is 5.91 Å². The lowest BCUT2D eigenvalue weighted by molar-refractivity contribution is -0.142. The molecule has 1 aromatic rings. The third-order valence-electron chi connectivity index (χ3n) is 6.18. The number of amides is 1. The maximum absolute atomic E-state index is 13.5. The molecule has 1 aromatic heterocycles. The Morgan fingerprint density at radius 2 is 1.89 bits per heavy atom. The molecule has 154 valence electrons. The van der Waals surface area contributed by atoms with Crippen LogP contribution < -0.4 is 5.32 Å². The second-order valence-corrected chi connectivity index (χ2v) is 8.30. The van der Waals surface area contributed by atoms with E-state index in [0.717, 1.165) is 57.9 Å². The van der Waals surface area contributed by atoms with E-state index in [9.17, 15) is 4.79 Å². The summed E-state index contributed by atoms with van der Waals surface area (Å²) in [6, 6.07) is 1.93. The zero-order valence-electron chi connectivity index (χ0n) is 16.2. The first-order chi connectivity index (χ1) is 12.2. The zero-order chi connectivity index (χ0) is 17.3. The number of piperidine rings is 1. The van der Waals surface area contributed by atoms with Gasteiger partial charge in [-0.2, -0.15) is 5.10 Å². The van der Waals surface area contributed by atoms with E-state index in [2.05, 4.69) is 27.3 Å². The Hall–Kier alpha value is -0.820. The number of hydrogen-bond donors (Lipinski definition) is 1. The topological polar surface area (TPSA) is 53.4 Å². The van der Waals surface area contributed by atoms with Gasteiger partial charge in [-0.25, -0.2) is 0 Å². The molecule has 1 N–H and O–H groups in total. The van der Waals surface area contributed by atoms with Crippen molar-refractivity contribution < 1.29 is 4.79 Å². The average Bonchev–Trinajstić information content (AvgIpc) is 3.10. The number of aromatic nitrogens is 2. The quantitative estimate of drug-likeness (QED) is 0.768. The maximum Gasteiger partial charge on any atom is 0.250 e. The fourth-order valence-electron chi connectivity index (χ4n) is 4.62. The van der Waals surface area contributed by atoms with E-state index in [0.29, 0.717) is 5.92 Å². The number of rotatable bonds is 6. The third-order valence-corrected chi connectivity index (χ3v) is 6.18. The maximum atomic E-state index is 13.5. The lowest BCUT2D eigenvalue weighted by atomic mass is 9.87. The number of likely N-dealkylation sites (tertiary alicyclic amines) is 1. The van der Waals surface area contributed by atoms with Crippen LogP contribution in [0.2, 0.25) is 0 Å². The molecule has 3 fully saturated rings. The largest absolute Gasteiger partial charge is 0.340 e. The minimum atomic E-state index is -0.483. The summed E-state index contributed by atoms with van der Waals surface area (Å²) < 4.78 is 1.92. The van der Waals surface area contributed by atoms with Crippen LogP contribution in [0.3, 0.4) is 0 Å². The highest BCUT2D eigenvalue weighted by Crippen LogP contribution is 2.33. The van der Waals surface area contributed by atoms with Crippen LogP contribution in [0.25, 0.3) is 0 Å². The standard InChI is InChI=1S/C19H31N5O.2ClH/c1-22(13-16-3-4-16)14-17-5-12-23(15-17)18(25)19(6-9-20-10-7-19)24-11-2-8-21-24;;/h2,8,11,16-17,20H,3-7,9-10,12-15H2,1H3;2*1H. The first kappa shape index (κ1) is 22.5. The molecule has 1 unspecified atom stereocenters. The van der Waals surface area contributed by atoms with Crippen molar-refractivity contribution in [3.8, 4) is 0 Å². The predicted molar refractivity (Wildman–Crippen MR) is 112 cm³/mol. The van der Waals surface area contributed by atoms with Gasteiger partial charge in [-0.05, 0) is 70.1 Å². The second kappa shape index (κ2) is 9.59. The van der Waals surface area contributed by atoms with E-state index >= 15 is 0 Å². The second-order valence-electron chi connectivity index (χ2n) is 8.30. The molecular formula is C19H33Cl2N5O.